The van der Waals surface area contributed by atoms with Crippen LogP contribution >= 0.6 is 0 Å². The lowest BCUT2D eigenvalue weighted by Crippen LogP contribution is -2.32. The molecule has 2 aromatic rings. The molecule has 1 atom stereocenters. The van der Waals surface area contributed by atoms with E-state index in [4.69, 9.17) is 0 Å². The summed E-state index contributed by atoms with van der Waals surface area (Å²) in [7, 11) is 0. The molecule has 0 aromatic heterocycles. The van der Waals surface area contributed by atoms with Crippen LogP contribution in [0.3, 0.4) is 0 Å². The van der Waals surface area contributed by atoms with E-state index in [-0.39, 0.29) is 11.8 Å². The minimum absolute atomic E-state index is 0.292. The molecule has 25 heavy (non-hydrogen) atoms. The molecule has 0 aliphatic rings. The van der Waals surface area contributed by atoms with Gasteiger partial charge in [0, 0.05) is 6.08 Å². The number of hydrogen-bond acceptors (Lipinski definition) is 2. The molecule has 3 heteroatoms. The average Bonchev–Trinajstić information content (AvgIpc) is 2.60. The summed E-state index contributed by atoms with van der Waals surface area (Å²) in [6.45, 7) is 6.16. The number of rotatable bonds is 6. The number of carbonyl (C=O) groups excluding carboxylic acids is 2. The highest BCUT2D eigenvalue weighted by Gasteiger charge is 2.16. The largest absolute Gasteiger partial charge is 0.292 e. The number of carbonyl (C=O) groups is 2. The summed E-state index contributed by atoms with van der Waals surface area (Å²) in [5.74, 6) is -0.473. The maximum Gasteiger partial charge on any atom is 0.250 e. The number of nitrogens with one attached hydrogen (secondary N) is 1. The first-order valence-electron chi connectivity index (χ1n) is 8.62. The molecule has 0 fully saturated rings. The molecule has 3 nitrogen and oxygen atoms in total. The van der Waals surface area contributed by atoms with E-state index < -0.39 is 5.91 Å². The molecule has 0 spiro atoms. The quantitative estimate of drug-likeness (QED) is 0.798. The predicted molar refractivity (Wildman–Crippen MR) is 102 cm³/mol. The molecular weight excluding hydrogens is 310 g/mol. The number of amides is 2. The predicted octanol–water partition coefficient (Wildman–Crippen LogP) is 4.34. The lowest BCUT2D eigenvalue weighted by molar-refractivity contribution is -0.128. The molecule has 0 heterocycles. The monoisotopic (exact) mass is 335 g/mol. The highest BCUT2D eigenvalue weighted by Crippen LogP contribution is 2.17. The topological polar surface area (TPSA) is 46.2 Å². The lowest BCUT2D eigenvalue weighted by atomic mass is 9.96. The van der Waals surface area contributed by atoms with Crippen molar-refractivity contribution in [1.82, 2.24) is 5.32 Å². The summed E-state index contributed by atoms with van der Waals surface area (Å²) in [5, 5.41) is 2.43. The second-order valence-electron chi connectivity index (χ2n) is 6.66. The Morgan fingerprint density at radius 3 is 2.20 bits per heavy atom. The van der Waals surface area contributed by atoms with Gasteiger partial charge in [-0.25, -0.2) is 0 Å². The van der Waals surface area contributed by atoms with Gasteiger partial charge in [-0.3, -0.25) is 14.9 Å². The van der Waals surface area contributed by atoms with Crippen LogP contribution in [0, 0.1) is 5.92 Å². The molecule has 0 bridgehead atoms. The van der Waals surface area contributed by atoms with Gasteiger partial charge in [0.05, 0.1) is 5.92 Å². The van der Waals surface area contributed by atoms with Crippen molar-refractivity contribution in [3.63, 3.8) is 0 Å². The van der Waals surface area contributed by atoms with Crippen molar-refractivity contribution in [2.24, 2.45) is 5.92 Å². The van der Waals surface area contributed by atoms with Gasteiger partial charge in [0.2, 0.25) is 5.91 Å². The highest BCUT2D eigenvalue weighted by atomic mass is 16.2. The standard InChI is InChI=1S/C22H25NO2/c1-16(2)15-19-9-12-20(13-10-19)17(3)22(25)23-21(24)14-11-18-7-5-4-6-8-18/h4-14,16-17H,15H2,1-3H3,(H,23,24,25). The zero-order valence-electron chi connectivity index (χ0n) is 15.0. The van der Waals surface area contributed by atoms with Crippen molar-refractivity contribution in [3.8, 4) is 0 Å². The molecule has 2 aromatic carbocycles. The fourth-order valence-electron chi connectivity index (χ4n) is 2.57. The maximum atomic E-state index is 12.3. The van der Waals surface area contributed by atoms with E-state index in [0.717, 1.165) is 17.5 Å². The normalized spacial score (nSPS) is 12.3. The summed E-state index contributed by atoms with van der Waals surface area (Å²) >= 11 is 0. The van der Waals surface area contributed by atoms with Gasteiger partial charge in [0.15, 0.2) is 0 Å². The van der Waals surface area contributed by atoms with E-state index >= 15 is 0 Å². The first-order chi connectivity index (χ1) is 12.0. The van der Waals surface area contributed by atoms with Crippen molar-refractivity contribution in [2.75, 3.05) is 0 Å². The van der Waals surface area contributed by atoms with Crippen molar-refractivity contribution >= 4 is 17.9 Å². The van der Waals surface area contributed by atoms with E-state index in [1.807, 2.05) is 42.5 Å². The Balaban J connectivity index is 1.93. The van der Waals surface area contributed by atoms with Crippen LogP contribution in [-0.2, 0) is 16.0 Å². The Hall–Kier alpha value is -2.68. The fraction of sp³-hybridized carbons (Fsp3) is 0.273. The summed E-state index contributed by atoms with van der Waals surface area (Å²) in [6, 6.07) is 17.5. The van der Waals surface area contributed by atoms with Crippen molar-refractivity contribution in [3.05, 3.63) is 77.4 Å². The molecule has 0 saturated carbocycles. The summed E-state index contributed by atoms with van der Waals surface area (Å²) in [5.41, 5.74) is 3.08. The molecule has 130 valence electrons. The molecule has 1 unspecified atom stereocenters. The third-order valence-corrected chi connectivity index (χ3v) is 3.99. The zero-order chi connectivity index (χ0) is 18.2. The van der Waals surface area contributed by atoms with Crippen molar-refractivity contribution in [2.45, 2.75) is 33.1 Å². The van der Waals surface area contributed by atoms with Crippen LogP contribution < -0.4 is 5.32 Å². The average molecular weight is 335 g/mol. The van der Waals surface area contributed by atoms with Crippen LogP contribution in [0.1, 0.15) is 43.4 Å². The van der Waals surface area contributed by atoms with E-state index in [1.165, 1.54) is 11.6 Å². The second-order valence-corrected chi connectivity index (χ2v) is 6.66. The smallest absolute Gasteiger partial charge is 0.250 e. The van der Waals surface area contributed by atoms with Crippen LogP contribution in [0.15, 0.2) is 60.7 Å². The van der Waals surface area contributed by atoms with Crippen LogP contribution in [0.5, 0.6) is 0 Å². The Morgan fingerprint density at radius 1 is 0.960 bits per heavy atom. The van der Waals surface area contributed by atoms with Crippen LogP contribution in [-0.4, -0.2) is 11.8 Å². The van der Waals surface area contributed by atoms with Gasteiger partial charge in [-0.05, 0) is 42.0 Å². The summed E-state index contributed by atoms with van der Waals surface area (Å²) in [6.07, 6.45) is 4.09. The Labute approximate surface area is 149 Å². The lowest BCUT2D eigenvalue weighted by Gasteiger charge is -2.12. The van der Waals surface area contributed by atoms with E-state index in [0.29, 0.717) is 5.92 Å². The number of imide groups is 1. The number of hydrogen-bond donors (Lipinski definition) is 1. The van der Waals surface area contributed by atoms with Crippen LogP contribution in [0.2, 0.25) is 0 Å². The Kier molecular flexibility index (Phi) is 6.70. The minimum atomic E-state index is -0.405. The second kappa shape index (κ2) is 8.97. The van der Waals surface area contributed by atoms with Gasteiger partial charge < -0.3 is 0 Å². The van der Waals surface area contributed by atoms with Crippen molar-refractivity contribution in [1.29, 1.82) is 0 Å². The molecular formula is C22H25NO2. The molecule has 2 rings (SSSR count). The van der Waals surface area contributed by atoms with E-state index in [1.54, 1.807) is 13.0 Å². The van der Waals surface area contributed by atoms with Gasteiger partial charge in [-0.1, -0.05) is 68.4 Å². The third-order valence-electron chi connectivity index (χ3n) is 3.99. The summed E-state index contributed by atoms with van der Waals surface area (Å²) < 4.78 is 0. The molecule has 0 saturated heterocycles. The fourth-order valence-corrected chi connectivity index (χ4v) is 2.57. The minimum Gasteiger partial charge on any atom is -0.292 e. The first-order valence-corrected chi connectivity index (χ1v) is 8.62. The van der Waals surface area contributed by atoms with E-state index in [9.17, 15) is 9.59 Å². The van der Waals surface area contributed by atoms with Gasteiger partial charge in [0.1, 0.15) is 0 Å². The summed E-state index contributed by atoms with van der Waals surface area (Å²) in [4.78, 5) is 24.2. The van der Waals surface area contributed by atoms with Crippen LogP contribution in [0.25, 0.3) is 6.08 Å². The molecule has 1 N–H and O–H groups in total. The molecule has 0 aliphatic carbocycles. The SMILES string of the molecule is CC(C)Cc1ccc(C(C)C(=O)NC(=O)C=Cc2ccccc2)cc1. The Bertz CT molecular complexity index is 730. The van der Waals surface area contributed by atoms with Crippen LogP contribution in [0.4, 0.5) is 0 Å². The van der Waals surface area contributed by atoms with Gasteiger partial charge >= 0.3 is 0 Å². The van der Waals surface area contributed by atoms with Gasteiger partial charge in [-0.2, -0.15) is 0 Å². The first kappa shape index (κ1) is 18.7. The zero-order valence-corrected chi connectivity index (χ0v) is 15.0. The molecule has 0 radical (unpaired) electrons. The maximum absolute atomic E-state index is 12.3. The Morgan fingerprint density at radius 2 is 1.60 bits per heavy atom. The van der Waals surface area contributed by atoms with Gasteiger partial charge in [-0.15, -0.1) is 0 Å². The highest BCUT2D eigenvalue weighted by molar-refractivity contribution is 6.04. The third kappa shape index (κ3) is 6.03. The van der Waals surface area contributed by atoms with Gasteiger partial charge in [0.25, 0.3) is 5.91 Å². The van der Waals surface area contributed by atoms with E-state index in [2.05, 4.69) is 31.3 Å². The molecule has 2 amide bonds. The van der Waals surface area contributed by atoms with Crippen molar-refractivity contribution < 1.29 is 9.59 Å². The molecule has 0 aliphatic heterocycles. The number of benzene rings is 2.